The molecule has 4 atom stereocenters. The van der Waals surface area contributed by atoms with E-state index in [2.05, 4.69) is 17.1 Å². The van der Waals surface area contributed by atoms with Gasteiger partial charge in [-0.25, -0.2) is 4.90 Å². The smallest absolute Gasteiger partial charge is 0.238 e. The lowest BCUT2D eigenvalue weighted by molar-refractivity contribution is -0.123. The molecule has 2 amide bonds. The van der Waals surface area contributed by atoms with Gasteiger partial charge in [-0.2, -0.15) is 0 Å². The fraction of sp³-hybridized carbons (Fsp3) is 0.357. The Morgan fingerprint density at radius 2 is 1.78 bits per heavy atom. The van der Waals surface area contributed by atoms with E-state index in [0.717, 1.165) is 6.42 Å². The summed E-state index contributed by atoms with van der Waals surface area (Å²) in [7, 11) is 0. The number of anilines is 1. The van der Waals surface area contributed by atoms with Crippen LogP contribution in [0.5, 0.6) is 0 Å². The highest BCUT2D eigenvalue weighted by atomic mass is 16.2. The Labute approximate surface area is 104 Å². The van der Waals surface area contributed by atoms with E-state index in [1.165, 1.54) is 4.90 Å². The Morgan fingerprint density at radius 3 is 2.33 bits per heavy atom. The summed E-state index contributed by atoms with van der Waals surface area (Å²) in [5, 5.41) is 0. The maximum atomic E-state index is 12.4. The van der Waals surface area contributed by atoms with Crippen LogP contribution in [0, 0.1) is 23.7 Å². The molecule has 0 radical (unpaired) electrons. The molecule has 1 saturated carbocycles. The number of hydrogen-bond donors (Lipinski definition) is 0. The molecule has 18 heavy (non-hydrogen) atoms. The number of carbonyl (C=O) groups is 2. The highest BCUT2D eigenvalue weighted by molar-refractivity contribution is 6.22. The van der Waals surface area contributed by atoms with E-state index in [0.29, 0.717) is 5.69 Å². The van der Waals surface area contributed by atoms with Gasteiger partial charge in [-0.15, -0.1) is 0 Å². The number of rotatable bonds is 1. The van der Waals surface area contributed by atoms with E-state index in [1.807, 2.05) is 0 Å². The van der Waals surface area contributed by atoms with Crippen LogP contribution in [-0.2, 0) is 9.59 Å². The highest BCUT2D eigenvalue weighted by Crippen LogP contribution is 2.53. The van der Waals surface area contributed by atoms with Gasteiger partial charge in [-0.3, -0.25) is 14.6 Å². The summed E-state index contributed by atoms with van der Waals surface area (Å²) in [5.41, 5.74) is 0.598. The first-order valence-corrected chi connectivity index (χ1v) is 6.23. The molecule has 1 aromatic heterocycles. The molecule has 4 rings (SSSR count). The second-order valence-corrected chi connectivity index (χ2v) is 5.22. The van der Waals surface area contributed by atoms with Gasteiger partial charge in [-0.05, 0) is 30.4 Å². The molecule has 1 aromatic rings. The SMILES string of the molecule is O=C1[C@@H]2[C@H](C(=O)N1c1cccnc1)[C@H]1C=C[C@H]2C1. The van der Waals surface area contributed by atoms with Crippen molar-refractivity contribution in [2.45, 2.75) is 6.42 Å². The van der Waals surface area contributed by atoms with E-state index in [4.69, 9.17) is 0 Å². The van der Waals surface area contributed by atoms with Crippen molar-refractivity contribution >= 4 is 17.5 Å². The summed E-state index contributed by atoms with van der Waals surface area (Å²) < 4.78 is 0. The third kappa shape index (κ3) is 1.08. The molecule has 4 nitrogen and oxygen atoms in total. The number of hydrogen-bond acceptors (Lipinski definition) is 3. The molecule has 4 heteroatoms. The molecular weight excluding hydrogens is 228 g/mol. The van der Waals surface area contributed by atoms with Gasteiger partial charge in [0.15, 0.2) is 0 Å². The molecule has 2 heterocycles. The predicted molar refractivity (Wildman–Crippen MR) is 64.4 cm³/mol. The molecule has 0 aromatic carbocycles. The summed E-state index contributed by atoms with van der Waals surface area (Å²) in [6.45, 7) is 0. The van der Waals surface area contributed by atoms with Crippen LogP contribution in [0.25, 0.3) is 0 Å². The number of amides is 2. The first-order valence-electron chi connectivity index (χ1n) is 6.23. The van der Waals surface area contributed by atoms with Crippen molar-refractivity contribution in [3.8, 4) is 0 Å². The van der Waals surface area contributed by atoms with Crippen LogP contribution in [0.4, 0.5) is 5.69 Å². The lowest BCUT2D eigenvalue weighted by atomic mass is 9.85. The Hall–Kier alpha value is -1.97. The van der Waals surface area contributed by atoms with Crippen molar-refractivity contribution in [3.05, 3.63) is 36.7 Å². The second-order valence-electron chi connectivity index (χ2n) is 5.22. The first-order chi connectivity index (χ1) is 8.77. The molecule has 0 unspecified atom stereocenters. The van der Waals surface area contributed by atoms with Gasteiger partial charge in [0.2, 0.25) is 11.8 Å². The van der Waals surface area contributed by atoms with Gasteiger partial charge in [0.05, 0.1) is 23.7 Å². The number of allylic oxidation sites excluding steroid dienone is 2. The van der Waals surface area contributed by atoms with Crippen LogP contribution in [0.2, 0.25) is 0 Å². The highest BCUT2D eigenvalue weighted by Gasteiger charge is 2.59. The number of imide groups is 1. The van der Waals surface area contributed by atoms with E-state index in [-0.39, 0.29) is 35.5 Å². The maximum Gasteiger partial charge on any atom is 0.238 e. The van der Waals surface area contributed by atoms with Crippen LogP contribution >= 0.6 is 0 Å². The molecule has 1 aliphatic heterocycles. The van der Waals surface area contributed by atoms with E-state index in [9.17, 15) is 9.59 Å². The minimum atomic E-state index is -0.132. The summed E-state index contributed by atoms with van der Waals surface area (Å²) in [5.74, 6) is 0.168. The average Bonchev–Trinajstić information content (AvgIpc) is 3.05. The lowest BCUT2D eigenvalue weighted by Gasteiger charge is -2.16. The van der Waals surface area contributed by atoms with E-state index < -0.39 is 0 Å². The van der Waals surface area contributed by atoms with Gasteiger partial charge in [0, 0.05) is 6.20 Å². The molecule has 3 aliphatic rings. The van der Waals surface area contributed by atoms with Gasteiger partial charge in [0.25, 0.3) is 0 Å². The number of aromatic nitrogens is 1. The molecule has 1 saturated heterocycles. The van der Waals surface area contributed by atoms with Crippen molar-refractivity contribution in [1.29, 1.82) is 0 Å². The van der Waals surface area contributed by atoms with Gasteiger partial charge in [0.1, 0.15) is 0 Å². The van der Waals surface area contributed by atoms with E-state index >= 15 is 0 Å². The normalized spacial score (nSPS) is 36.6. The first kappa shape index (κ1) is 10.00. The van der Waals surface area contributed by atoms with Crippen LogP contribution in [0.1, 0.15) is 6.42 Å². The van der Waals surface area contributed by atoms with Crippen molar-refractivity contribution in [3.63, 3.8) is 0 Å². The number of fused-ring (bicyclic) bond motifs is 5. The lowest BCUT2D eigenvalue weighted by Crippen LogP contribution is -2.32. The van der Waals surface area contributed by atoms with Crippen molar-refractivity contribution in [2.24, 2.45) is 23.7 Å². The van der Waals surface area contributed by atoms with Crippen LogP contribution in [0.3, 0.4) is 0 Å². The maximum absolute atomic E-state index is 12.4. The molecule has 90 valence electrons. The molecule has 0 spiro atoms. The van der Waals surface area contributed by atoms with Crippen LogP contribution < -0.4 is 4.90 Å². The van der Waals surface area contributed by atoms with Gasteiger partial charge < -0.3 is 0 Å². The fourth-order valence-corrected chi connectivity index (χ4v) is 3.64. The fourth-order valence-electron chi connectivity index (χ4n) is 3.64. The zero-order valence-electron chi connectivity index (χ0n) is 9.69. The Kier molecular flexibility index (Phi) is 1.82. The topological polar surface area (TPSA) is 50.3 Å². The molecule has 0 N–H and O–H groups in total. The van der Waals surface area contributed by atoms with Crippen molar-refractivity contribution in [2.75, 3.05) is 4.90 Å². The second kappa shape index (κ2) is 3.28. The van der Waals surface area contributed by atoms with Crippen LogP contribution in [-0.4, -0.2) is 16.8 Å². The Balaban J connectivity index is 1.77. The van der Waals surface area contributed by atoms with E-state index in [1.54, 1.807) is 24.5 Å². The van der Waals surface area contributed by atoms with Gasteiger partial charge >= 0.3 is 0 Å². The summed E-state index contributed by atoms with van der Waals surface area (Å²) in [4.78, 5) is 30.2. The Bertz CT molecular complexity index is 536. The average molecular weight is 240 g/mol. The van der Waals surface area contributed by atoms with Crippen molar-refractivity contribution in [1.82, 2.24) is 4.98 Å². The third-order valence-electron chi connectivity index (χ3n) is 4.37. The summed E-state index contributed by atoms with van der Waals surface area (Å²) in [6.07, 6.45) is 8.38. The zero-order valence-corrected chi connectivity index (χ0v) is 9.69. The number of carbonyl (C=O) groups excluding carboxylic acids is 2. The predicted octanol–water partition coefficient (Wildman–Crippen LogP) is 1.39. The largest absolute Gasteiger partial charge is 0.274 e. The minimum absolute atomic E-state index is 0.0464. The third-order valence-corrected chi connectivity index (χ3v) is 4.37. The standard InChI is InChI=1S/C14H12N2O2/c17-13-11-8-3-4-9(6-8)12(11)14(18)16(13)10-2-1-5-15-7-10/h1-5,7-9,11-12H,6H2/t8-,9-,11-,12+/m0/s1. The Morgan fingerprint density at radius 1 is 1.11 bits per heavy atom. The zero-order chi connectivity index (χ0) is 12.3. The summed E-state index contributed by atoms with van der Waals surface area (Å²) >= 11 is 0. The number of nitrogens with zero attached hydrogens (tertiary/aromatic N) is 2. The molecule has 2 aliphatic carbocycles. The number of pyridine rings is 1. The molecular formula is C14H12N2O2. The van der Waals surface area contributed by atoms with Crippen LogP contribution in [0.15, 0.2) is 36.7 Å². The molecule has 2 bridgehead atoms. The van der Waals surface area contributed by atoms with Crippen molar-refractivity contribution < 1.29 is 9.59 Å². The quantitative estimate of drug-likeness (QED) is 0.550. The molecule has 2 fully saturated rings. The minimum Gasteiger partial charge on any atom is -0.274 e. The monoisotopic (exact) mass is 240 g/mol. The van der Waals surface area contributed by atoms with Gasteiger partial charge in [-0.1, -0.05) is 12.2 Å². The summed E-state index contributed by atoms with van der Waals surface area (Å²) in [6, 6.07) is 3.51.